The molecule has 0 aromatic heterocycles. The molecule has 180 valence electrons. The van der Waals surface area contributed by atoms with Crippen LogP contribution in [0.5, 0.6) is 11.5 Å². The summed E-state index contributed by atoms with van der Waals surface area (Å²) in [5.74, 6) is 0.702. The molecule has 2 aliphatic rings. The number of esters is 1. The quantitative estimate of drug-likeness (QED) is 0.332. The van der Waals surface area contributed by atoms with Gasteiger partial charge >= 0.3 is 5.97 Å². The smallest absolute Gasteiger partial charge is 0.314 e. The summed E-state index contributed by atoms with van der Waals surface area (Å²) in [5, 5.41) is 26.8. The van der Waals surface area contributed by atoms with E-state index in [4.69, 9.17) is 26.6 Å². The second-order valence-electron chi connectivity index (χ2n) is 8.38. The van der Waals surface area contributed by atoms with Crippen LogP contribution in [0.15, 0.2) is 60.7 Å². The fraction of sp³-hybridized carbons (Fsp3) is 0.462. The molecule has 0 saturated heterocycles. The van der Waals surface area contributed by atoms with Crippen molar-refractivity contribution in [1.82, 2.24) is 0 Å². The highest BCUT2D eigenvalue weighted by atomic mass is 35.5. The van der Waals surface area contributed by atoms with Gasteiger partial charge < -0.3 is 20.1 Å². The lowest BCUT2D eigenvalue weighted by atomic mass is 9.87. The topological polar surface area (TPSA) is 104 Å². The number of hydrogen-bond acceptors (Lipinski definition) is 6. The summed E-state index contributed by atoms with van der Waals surface area (Å²) in [6.45, 7) is 0. The van der Waals surface area contributed by atoms with Crippen LogP contribution in [0.4, 0.5) is 0 Å². The minimum absolute atomic E-state index is 0.00469. The van der Waals surface area contributed by atoms with Crippen molar-refractivity contribution in [2.24, 2.45) is 11.8 Å². The second-order valence-corrected chi connectivity index (χ2v) is 8.76. The van der Waals surface area contributed by atoms with Gasteiger partial charge in [0.05, 0.1) is 18.1 Å². The van der Waals surface area contributed by atoms with E-state index in [0.717, 1.165) is 38.5 Å². The number of benzene rings is 2. The number of aliphatic hydroxyl groups is 2. The summed E-state index contributed by atoms with van der Waals surface area (Å²) in [5.41, 5.74) is 0. The molecule has 0 aliphatic heterocycles. The number of aliphatic hydroxyl groups excluding tert-OH is 2. The largest absolute Gasteiger partial charge is 0.508 e. The van der Waals surface area contributed by atoms with Crippen molar-refractivity contribution in [3.8, 4) is 11.5 Å². The zero-order valence-corrected chi connectivity index (χ0v) is 19.4. The lowest BCUT2D eigenvalue weighted by Crippen LogP contribution is -2.27. The fourth-order valence-corrected chi connectivity index (χ4v) is 3.95. The minimum atomic E-state index is -0.244. The molecule has 0 radical (unpaired) electrons. The minimum Gasteiger partial charge on any atom is -0.508 e. The number of hydrogen-bond donors (Lipinski definition) is 3. The van der Waals surface area contributed by atoms with Crippen molar-refractivity contribution >= 4 is 22.8 Å². The number of aromatic hydroxyl groups is 1. The number of carbonyl (C=O) groups is 2. The van der Waals surface area contributed by atoms with Crippen LogP contribution in [0.1, 0.15) is 51.4 Å². The van der Waals surface area contributed by atoms with E-state index < -0.39 is 0 Å². The SMILES string of the molecule is O=C(Cl)C1CCC(O)CC1.O=C(Oc1ccccc1)C1CCC(O)CC1.Oc1ccccc1. The molecule has 2 aromatic rings. The average Bonchev–Trinajstić information content (AvgIpc) is 2.82. The van der Waals surface area contributed by atoms with Crippen LogP contribution >= 0.6 is 11.6 Å². The molecular formula is C26H33ClO6. The van der Waals surface area contributed by atoms with Crippen LogP contribution in [0.3, 0.4) is 0 Å². The molecule has 4 rings (SSSR count). The number of phenols is 1. The zero-order chi connectivity index (χ0) is 24.1. The van der Waals surface area contributed by atoms with Gasteiger partial charge in [-0.2, -0.15) is 0 Å². The van der Waals surface area contributed by atoms with Crippen molar-refractivity contribution in [2.45, 2.75) is 63.6 Å². The molecule has 2 saturated carbocycles. The fourth-order valence-electron chi connectivity index (χ4n) is 3.73. The third kappa shape index (κ3) is 10.8. The number of phenolic OH excluding ortho intramolecular Hbond substituents is 1. The third-order valence-electron chi connectivity index (χ3n) is 5.77. The molecule has 2 aromatic carbocycles. The maximum Gasteiger partial charge on any atom is 0.314 e. The summed E-state index contributed by atoms with van der Waals surface area (Å²) in [6.07, 6.45) is 5.38. The molecule has 2 aliphatic carbocycles. The Morgan fingerprint density at radius 3 is 1.52 bits per heavy atom. The molecule has 0 unspecified atom stereocenters. The van der Waals surface area contributed by atoms with E-state index in [2.05, 4.69) is 0 Å². The monoisotopic (exact) mass is 476 g/mol. The number of para-hydroxylation sites is 2. The summed E-state index contributed by atoms with van der Waals surface area (Å²) in [6, 6.07) is 17.8. The molecule has 6 nitrogen and oxygen atoms in total. The molecule has 7 heteroatoms. The first kappa shape index (κ1) is 26.8. The number of halogens is 1. The summed E-state index contributed by atoms with van der Waals surface area (Å²) < 4.78 is 5.27. The average molecular weight is 477 g/mol. The lowest BCUT2D eigenvalue weighted by Gasteiger charge is -2.23. The Kier molecular flexibility index (Phi) is 11.9. The van der Waals surface area contributed by atoms with E-state index in [1.54, 1.807) is 36.4 Å². The van der Waals surface area contributed by atoms with Crippen LogP contribution in [0.2, 0.25) is 0 Å². The highest BCUT2D eigenvalue weighted by Gasteiger charge is 2.26. The summed E-state index contributed by atoms with van der Waals surface area (Å²) in [4.78, 5) is 22.4. The maximum absolute atomic E-state index is 11.8. The molecule has 0 bridgehead atoms. The predicted molar refractivity (Wildman–Crippen MR) is 127 cm³/mol. The van der Waals surface area contributed by atoms with Crippen molar-refractivity contribution in [2.75, 3.05) is 0 Å². The zero-order valence-electron chi connectivity index (χ0n) is 18.7. The molecule has 0 spiro atoms. The molecule has 0 atom stereocenters. The Bertz CT molecular complexity index is 813. The van der Waals surface area contributed by atoms with Gasteiger partial charge in [0.1, 0.15) is 11.5 Å². The molecular weight excluding hydrogens is 444 g/mol. The first-order valence-electron chi connectivity index (χ1n) is 11.4. The van der Waals surface area contributed by atoms with Crippen LogP contribution < -0.4 is 4.74 Å². The van der Waals surface area contributed by atoms with Crippen LogP contribution in [0, 0.1) is 11.8 Å². The highest BCUT2D eigenvalue weighted by molar-refractivity contribution is 6.63. The Hall–Kier alpha value is -2.41. The van der Waals surface area contributed by atoms with Gasteiger partial charge in [-0.05, 0) is 87.2 Å². The number of rotatable bonds is 3. The van der Waals surface area contributed by atoms with Crippen LogP contribution in [0.25, 0.3) is 0 Å². The second kappa shape index (κ2) is 14.7. The maximum atomic E-state index is 11.8. The van der Waals surface area contributed by atoms with Crippen molar-refractivity contribution in [1.29, 1.82) is 0 Å². The van der Waals surface area contributed by atoms with Gasteiger partial charge in [0.15, 0.2) is 0 Å². The third-order valence-corrected chi connectivity index (χ3v) is 6.07. The van der Waals surface area contributed by atoms with E-state index in [-0.39, 0.29) is 35.3 Å². The highest BCUT2D eigenvalue weighted by Crippen LogP contribution is 2.26. The van der Waals surface area contributed by atoms with E-state index in [9.17, 15) is 14.7 Å². The van der Waals surface area contributed by atoms with Crippen LogP contribution in [-0.2, 0) is 9.59 Å². The Balaban J connectivity index is 0.000000193. The predicted octanol–water partition coefficient (Wildman–Crippen LogP) is 4.84. The van der Waals surface area contributed by atoms with Crippen molar-refractivity contribution < 1.29 is 29.6 Å². The van der Waals surface area contributed by atoms with Crippen molar-refractivity contribution in [3.63, 3.8) is 0 Å². The van der Waals surface area contributed by atoms with E-state index >= 15 is 0 Å². The molecule has 33 heavy (non-hydrogen) atoms. The Morgan fingerprint density at radius 1 is 0.697 bits per heavy atom. The standard InChI is InChI=1S/C13H16O3.C7H11ClO2.C6H6O/c14-11-8-6-10(7-9-11)13(15)16-12-4-2-1-3-5-12;8-7(10)5-1-3-6(9)4-2-5;7-6-4-2-1-3-5-6/h1-5,10-11,14H,6-9H2;5-6,9H,1-4H2;1-5,7H. The lowest BCUT2D eigenvalue weighted by molar-refractivity contribution is -0.140. The molecule has 2 fully saturated rings. The van der Waals surface area contributed by atoms with Gasteiger partial charge in [0, 0.05) is 5.92 Å². The van der Waals surface area contributed by atoms with Crippen LogP contribution in [-0.4, -0.2) is 38.7 Å². The molecule has 0 heterocycles. The number of carbonyl (C=O) groups excluding carboxylic acids is 2. The van der Waals surface area contributed by atoms with Gasteiger partial charge in [-0.1, -0.05) is 36.4 Å². The first-order valence-corrected chi connectivity index (χ1v) is 11.8. The summed E-state index contributed by atoms with van der Waals surface area (Å²) >= 11 is 5.28. The Labute approximate surface area is 200 Å². The van der Waals surface area contributed by atoms with Gasteiger partial charge in [-0.25, -0.2) is 0 Å². The number of ether oxygens (including phenoxy) is 1. The van der Waals surface area contributed by atoms with Gasteiger partial charge in [-0.15, -0.1) is 0 Å². The molecule has 0 amide bonds. The Morgan fingerprint density at radius 2 is 1.12 bits per heavy atom. The first-order chi connectivity index (χ1) is 15.8. The van der Waals surface area contributed by atoms with Gasteiger partial charge in [0.2, 0.25) is 5.24 Å². The van der Waals surface area contributed by atoms with Crippen molar-refractivity contribution in [3.05, 3.63) is 60.7 Å². The molecule has 3 N–H and O–H groups in total. The van der Waals surface area contributed by atoms with Gasteiger partial charge in [0.25, 0.3) is 0 Å². The van der Waals surface area contributed by atoms with E-state index in [1.807, 2.05) is 24.3 Å². The van der Waals surface area contributed by atoms with Gasteiger partial charge in [-0.3, -0.25) is 9.59 Å². The normalized spacial score (nSPS) is 24.2. The van der Waals surface area contributed by atoms with E-state index in [1.165, 1.54) is 0 Å². The van der Waals surface area contributed by atoms with E-state index in [0.29, 0.717) is 24.3 Å². The summed E-state index contributed by atoms with van der Waals surface area (Å²) in [7, 11) is 0.